The Balaban J connectivity index is -0.00000000382. The van der Waals surface area contributed by atoms with Gasteiger partial charge in [0.25, 0.3) is 0 Å². The molecule has 0 radical (unpaired) electrons. The summed E-state index contributed by atoms with van der Waals surface area (Å²) in [4.78, 5) is 17.1. The van der Waals surface area contributed by atoms with Crippen LogP contribution in [0.4, 0.5) is 9.59 Å². The standard InChI is InChI=1S/2CH2O3.2Ca.2Mo.H2S2.4H/c2*2-1(3)4;;;;;1-2;;;;/h2*(H2,2,3,4);;;;;1-2H;;;;/q;;2*+2;;;;4*-1. The van der Waals surface area contributed by atoms with Gasteiger partial charge in [-0.05, 0) is 0 Å². The van der Waals surface area contributed by atoms with Crippen LogP contribution >= 0.6 is 23.3 Å². The van der Waals surface area contributed by atoms with Gasteiger partial charge in [0, 0.05) is 42.1 Å². The van der Waals surface area contributed by atoms with E-state index < -0.39 is 12.3 Å². The van der Waals surface area contributed by atoms with E-state index in [2.05, 4.69) is 23.3 Å². The average Bonchev–Trinajstić information content (AvgIpc) is 1.66. The first-order valence-electron chi connectivity index (χ1n) is 1.50. The van der Waals surface area contributed by atoms with Crippen LogP contribution in [0, 0.1) is 0 Å². The summed E-state index contributed by atoms with van der Waals surface area (Å²) in [5, 5.41) is 27.9. The Morgan fingerprint density at radius 2 is 0.786 bits per heavy atom. The second-order valence-electron chi connectivity index (χ2n) is 0.565. The summed E-state index contributed by atoms with van der Waals surface area (Å²) in [5.74, 6) is 0. The van der Waals surface area contributed by atoms with Crippen LogP contribution in [0.3, 0.4) is 0 Å². The predicted molar refractivity (Wildman–Crippen MR) is 55.2 cm³/mol. The molecule has 82 valence electrons. The van der Waals surface area contributed by atoms with E-state index in [4.69, 9.17) is 30.0 Å². The van der Waals surface area contributed by atoms with Gasteiger partial charge >= 0.3 is 87.8 Å². The molecule has 0 fully saturated rings. The Morgan fingerprint density at radius 3 is 0.786 bits per heavy atom. The van der Waals surface area contributed by atoms with Crippen LogP contribution in [0.5, 0.6) is 0 Å². The van der Waals surface area contributed by atoms with Crippen molar-refractivity contribution in [3.8, 4) is 0 Å². The molecule has 0 spiro atoms. The molecular formula is C2H10Ca2Mo2O6S2. The van der Waals surface area contributed by atoms with E-state index in [1.54, 1.807) is 0 Å². The molecule has 0 saturated heterocycles. The summed E-state index contributed by atoms with van der Waals surface area (Å²) in [6.07, 6.45) is -3.67. The third kappa shape index (κ3) is 308. The third-order valence-corrected chi connectivity index (χ3v) is 0. The molecule has 0 aromatic heterocycles. The van der Waals surface area contributed by atoms with Gasteiger partial charge in [-0.3, -0.25) is 0 Å². The number of carboxylic acid groups (broad SMARTS) is 4. The molecule has 0 atom stereocenters. The van der Waals surface area contributed by atoms with Crippen molar-refractivity contribution in [1.29, 1.82) is 0 Å². The SMILES string of the molecule is O=C(O)O.O=C(O)O.SS.[Ca+2].[Ca+2].[H-].[H-].[H-].[H-].[Mo].[Mo]. The van der Waals surface area contributed by atoms with Crippen LogP contribution in [0.25, 0.3) is 0 Å². The molecule has 0 aromatic carbocycles. The van der Waals surface area contributed by atoms with Crippen LogP contribution in [-0.2, 0) is 42.1 Å². The molecule has 0 aliphatic rings. The van der Waals surface area contributed by atoms with Gasteiger partial charge in [0.15, 0.2) is 0 Å². The van der Waals surface area contributed by atoms with Crippen molar-refractivity contribution < 1.29 is 77.9 Å². The largest absolute Gasteiger partial charge is 2.00 e. The Labute approximate surface area is 185 Å². The zero-order valence-electron chi connectivity index (χ0n) is 10.7. The molecule has 0 aliphatic heterocycles. The fourth-order valence-corrected chi connectivity index (χ4v) is 0. The fraction of sp³-hybridized carbons (Fsp3) is 0. The number of thiol groups is 2. The zero-order chi connectivity index (χ0) is 9.15. The monoisotopic (exact) mass is 470 g/mol. The Bertz CT molecular complexity index is 102. The molecule has 14 heavy (non-hydrogen) atoms. The summed E-state index contributed by atoms with van der Waals surface area (Å²) in [5.41, 5.74) is 0. The molecule has 4 N–H and O–H groups in total. The van der Waals surface area contributed by atoms with Gasteiger partial charge in [-0.1, -0.05) is 0 Å². The zero-order valence-corrected chi connectivity index (χ0v) is 17.0. The molecule has 0 bridgehead atoms. The van der Waals surface area contributed by atoms with E-state index in [-0.39, 0.29) is 123 Å². The summed E-state index contributed by atoms with van der Waals surface area (Å²) < 4.78 is 0. The molecule has 0 rings (SSSR count). The summed E-state index contributed by atoms with van der Waals surface area (Å²) in [6.45, 7) is 0. The number of rotatable bonds is 0. The van der Waals surface area contributed by atoms with E-state index in [0.29, 0.717) is 0 Å². The molecule has 0 unspecified atom stereocenters. The first-order chi connectivity index (χ1) is 4.46. The maximum absolute atomic E-state index is 8.56. The Morgan fingerprint density at radius 1 is 0.786 bits per heavy atom. The maximum Gasteiger partial charge on any atom is 2.00 e. The van der Waals surface area contributed by atoms with Crippen molar-refractivity contribution >= 4 is 111 Å². The van der Waals surface area contributed by atoms with Gasteiger partial charge in [-0.25, -0.2) is 9.59 Å². The van der Waals surface area contributed by atoms with Gasteiger partial charge in [0.1, 0.15) is 0 Å². The molecule has 0 heterocycles. The summed E-state index contributed by atoms with van der Waals surface area (Å²) in [7, 11) is 0. The summed E-state index contributed by atoms with van der Waals surface area (Å²) in [6, 6.07) is 0. The number of hydrogen-bond donors (Lipinski definition) is 6. The molecular weight excluding hydrogens is 456 g/mol. The second-order valence-corrected chi connectivity index (χ2v) is 0.565. The Kier molecular flexibility index (Phi) is 137. The van der Waals surface area contributed by atoms with Crippen molar-refractivity contribution in [2.24, 2.45) is 0 Å². The minimum atomic E-state index is -1.83. The minimum Gasteiger partial charge on any atom is -1.00 e. The maximum atomic E-state index is 8.56. The first-order valence-corrected chi connectivity index (χ1v) is 3.10. The second kappa shape index (κ2) is 44.3. The van der Waals surface area contributed by atoms with Gasteiger partial charge in [-0.2, -0.15) is 0 Å². The smallest absolute Gasteiger partial charge is 1.00 e. The number of carbonyl (C=O) groups is 2. The van der Waals surface area contributed by atoms with E-state index in [9.17, 15) is 0 Å². The first kappa shape index (κ1) is 43.4. The van der Waals surface area contributed by atoms with Crippen LogP contribution in [0.15, 0.2) is 0 Å². The van der Waals surface area contributed by atoms with Crippen LogP contribution in [0.1, 0.15) is 5.71 Å². The van der Waals surface area contributed by atoms with E-state index >= 15 is 0 Å². The summed E-state index contributed by atoms with van der Waals surface area (Å²) >= 11 is 6.44. The van der Waals surface area contributed by atoms with E-state index in [0.717, 1.165) is 0 Å². The molecule has 0 aliphatic carbocycles. The average molecular weight is 466 g/mol. The van der Waals surface area contributed by atoms with Gasteiger partial charge in [0.2, 0.25) is 0 Å². The molecule has 0 aromatic rings. The minimum absolute atomic E-state index is 0. The van der Waals surface area contributed by atoms with Gasteiger partial charge < -0.3 is 26.1 Å². The molecule has 12 heteroatoms. The van der Waals surface area contributed by atoms with Crippen molar-refractivity contribution in [2.75, 3.05) is 0 Å². The van der Waals surface area contributed by atoms with Crippen molar-refractivity contribution in [3.63, 3.8) is 0 Å². The predicted octanol–water partition coefficient (Wildman–Crippen LogP) is 0.889. The molecule has 6 nitrogen and oxygen atoms in total. The normalized spacial score (nSPS) is 3.86. The van der Waals surface area contributed by atoms with E-state index in [1.807, 2.05) is 0 Å². The topological polar surface area (TPSA) is 115 Å². The molecule has 0 saturated carbocycles. The van der Waals surface area contributed by atoms with Crippen LogP contribution in [-0.4, -0.2) is 108 Å². The quantitative estimate of drug-likeness (QED) is 0.180. The number of hydrogen-bond acceptors (Lipinski definition) is 4. The van der Waals surface area contributed by atoms with Crippen molar-refractivity contribution in [1.82, 2.24) is 0 Å². The fourth-order valence-electron chi connectivity index (χ4n) is 0. The Hall–Kier alpha value is 3.14. The third-order valence-electron chi connectivity index (χ3n) is 0. The van der Waals surface area contributed by atoms with Crippen LogP contribution in [0.2, 0.25) is 0 Å². The molecule has 0 amide bonds. The van der Waals surface area contributed by atoms with Crippen LogP contribution < -0.4 is 0 Å². The van der Waals surface area contributed by atoms with Crippen molar-refractivity contribution in [2.45, 2.75) is 0 Å². The van der Waals surface area contributed by atoms with Gasteiger partial charge in [0.05, 0.1) is 0 Å². The van der Waals surface area contributed by atoms with E-state index in [1.165, 1.54) is 0 Å². The van der Waals surface area contributed by atoms with Gasteiger partial charge in [-0.15, -0.1) is 23.3 Å². The van der Waals surface area contributed by atoms with Crippen molar-refractivity contribution in [3.05, 3.63) is 0 Å².